The molecule has 3 heteroatoms. The quantitative estimate of drug-likeness (QED) is 0.863. The second-order valence-corrected chi connectivity index (χ2v) is 6.44. The van der Waals surface area contributed by atoms with Crippen LogP contribution >= 0.6 is 15.9 Å². The lowest BCUT2D eigenvalue weighted by atomic mass is 9.94. The van der Waals surface area contributed by atoms with E-state index in [4.69, 9.17) is 0 Å². The van der Waals surface area contributed by atoms with Crippen molar-refractivity contribution < 1.29 is 9.90 Å². The Balaban J connectivity index is 2.10. The summed E-state index contributed by atoms with van der Waals surface area (Å²) in [6.45, 7) is 1.97. The molecule has 2 aromatic carbocycles. The van der Waals surface area contributed by atoms with E-state index >= 15 is 0 Å². The van der Waals surface area contributed by atoms with Crippen molar-refractivity contribution in [1.29, 1.82) is 0 Å². The fourth-order valence-corrected chi connectivity index (χ4v) is 4.16. The number of hydrogen-bond donors (Lipinski definition) is 1. The molecule has 0 aromatic heterocycles. The van der Waals surface area contributed by atoms with Gasteiger partial charge in [-0.1, -0.05) is 71.4 Å². The van der Waals surface area contributed by atoms with Crippen LogP contribution in [0.4, 0.5) is 0 Å². The molecule has 2 aromatic rings. The Morgan fingerprint density at radius 2 is 1.71 bits per heavy atom. The first-order chi connectivity index (χ1) is 10.1. The van der Waals surface area contributed by atoms with Crippen LogP contribution in [0.25, 0.3) is 0 Å². The van der Waals surface area contributed by atoms with Crippen molar-refractivity contribution in [3.63, 3.8) is 0 Å². The lowest BCUT2D eigenvalue weighted by Gasteiger charge is -2.10. The fourth-order valence-electron chi connectivity index (χ4n) is 3.63. The minimum atomic E-state index is -0.695. The van der Waals surface area contributed by atoms with Crippen molar-refractivity contribution in [2.45, 2.75) is 25.2 Å². The molecule has 1 aliphatic rings. The third-order valence-electron chi connectivity index (χ3n) is 4.72. The summed E-state index contributed by atoms with van der Waals surface area (Å²) in [5.41, 5.74) is 1.52. The SMILES string of the molecule is CC[C@]1(C(=O)O)[C@H](c2ccccc2Br)[C@@H]1c1ccccc1. The van der Waals surface area contributed by atoms with E-state index in [9.17, 15) is 9.90 Å². The van der Waals surface area contributed by atoms with E-state index in [2.05, 4.69) is 15.9 Å². The molecule has 2 nitrogen and oxygen atoms in total. The van der Waals surface area contributed by atoms with Gasteiger partial charge in [0, 0.05) is 16.3 Å². The van der Waals surface area contributed by atoms with Gasteiger partial charge in [0.2, 0.25) is 0 Å². The molecule has 1 aliphatic carbocycles. The molecule has 1 saturated carbocycles. The average Bonchev–Trinajstić information content (AvgIpc) is 3.19. The van der Waals surface area contributed by atoms with E-state index < -0.39 is 11.4 Å². The topological polar surface area (TPSA) is 37.3 Å². The molecule has 0 heterocycles. The van der Waals surface area contributed by atoms with Crippen LogP contribution in [0.1, 0.15) is 36.3 Å². The van der Waals surface area contributed by atoms with Gasteiger partial charge in [-0.05, 0) is 23.6 Å². The maximum Gasteiger partial charge on any atom is 0.310 e. The van der Waals surface area contributed by atoms with Gasteiger partial charge in [-0.3, -0.25) is 4.79 Å². The Kier molecular flexibility index (Phi) is 3.62. The molecule has 3 atom stereocenters. The average molecular weight is 345 g/mol. The number of rotatable bonds is 4. The van der Waals surface area contributed by atoms with Crippen LogP contribution in [0, 0.1) is 5.41 Å². The number of benzene rings is 2. The van der Waals surface area contributed by atoms with E-state index in [0.29, 0.717) is 6.42 Å². The summed E-state index contributed by atoms with van der Waals surface area (Å²) in [7, 11) is 0. The summed E-state index contributed by atoms with van der Waals surface area (Å²) < 4.78 is 0.993. The number of carboxylic acids is 1. The second-order valence-electron chi connectivity index (χ2n) is 5.59. The first-order valence-corrected chi connectivity index (χ1v) is 7.95. The lowest BCUT2D eigenvalue weighted by Crippen LogP contribution is -2.17. The molecule has 0 unspecified atom stereocenters. The first-order valence-electron chi connectivity index (χ1n) is 7.15. The second kappa shape index (κ2) is 5.30. The molecule has 0 saturated heterocycles. The van der Waals surface area contributed by atoms with Gasteiger partial charge in [-0.15, -0.1) is 0 Å². The van der Waals surface area contributed by atoms with Crippen molar-refractivity contribution in [2.24, 2.45) is 5.41 Å². The minimum Gasteiger partial charge on any atom is -0.481 e. The molecule has 0 amide bonds. The van der Waals surface area contributed by atoms with Gasteiger partial charge in [0.05, 0.1) is 5.41 Å². The predicted molar refractivity (Wildman–Crippen MR) is 86.4 cm³/mol. The minimum absolute atomic E-state index is 0.0259. The summed E-state index contributed by atoms with van der Waals surface area (Å²) in [5, 5.41) is 9.84. The first kappa shape index (κ1) is 14.3. The van der Waals surface area contributed by atoms with Gasteiger partial charge in [0.25, 0.3) is 0 Å². The standard InChI is InChI=1S/C18H17BrO2/c1-2-18(17(20)21)15(12-8-4-3-5-9-12)16(18)13-10-6-7-11-14(13)19/h3-11,15-16H,2H2,1H3,(H,20,21)/t15-,16+,18+/m0/s1. The third kappa shape index (κ3) is 2.11. The number of carbonyl (C=O) groups is 1. The Bertz CT molecular complexity index is 668. The third-order valence-corrected chi connectivity index (χ3v) is 5.44. The molecule has 0 bridgehead atoms. The Hall–Kier alpha value is -1.61. The van der Waals surface area contributed by atoms with Crippen LogP contribution in [0.3, 0.4) is 0 Å². The highest BCUT2D eigenvalue weighted by molar-refractivity contribution is 9.10. The zero-order valence-corrected chi connectivity index (χ0v) is 13.4. The Labute approximate surface area is 132 Å². The number of carboxylic acid groups (broad SMARTS) is 1. The molecule has 0 aliphatic heterocycles. The number of halogens is 1. The van der Waals surface area contributed by atoms with Gasteiger partial charge in [0.15, 0.2) is 0 Å². The van der Waals surface area contributed by atoms with Gasteiger partial charge < -0.3 is 5.11 Å². The molecule has 108 valence electrons. The van der Waals surface area contributed by atoms with Crippen molar-refractivity contribution in [2.75, 3.05) is 0 Å². The molecule has 21 heavy (non-hydrogen) atoms. The van der Waals surface area contributed by atoms with Gasteiger partial charge in [-0.25, -0.2) is 0 Å². The summed E-state index contributed by atoms with van der Waals surface area (Å²) in [5.74, 6) is -0.627. The molecule has 1 fully saturated rings. The van der Waals surface area contributed by atoms with Crippen LogP contribution < -0.4 is 0 Å². The summed E-state index contributed by atoms with van der Waals surface area (Å²) in [6, 6.07) is 17.9. The number of aliphatic carboxylic acids is 1. The highest BCUT2D eigenvalue weighted by atomic mass is 79.9. The van der Waals surface area contributed by atoms with Gasteiger partial charge >= 0.3 is 5.97 Å². The summed E-state index contributed by atoms with van der Waals surface area (Å²) >= 11 is 3.57. The van der Waals surface area contributed by atoms with Crippen LogP contribution in [0.15, 0.2) is 59.1 Å². The molecule has 1 N–H and O–H groups in total. The smallest absolute Gasteiger partial charge is 0.310 e. The highest BCUT2D eigenvalue weighted by Crippen LogP contribution is 2.72. The molecule has 0 spiro atoms. The molecular formula is C18H17BrO2. The van der Waals surface area contributed by atoms with Crippen LogP contribution in [-0.2, 0) is 4.79 Å². The van der Waals surface area contributed by atoms with Crippen molar-refractivity contribution in [1.82, 2.24) is 0 Å². The molecular weight excluding hydrogens is 328 g/mol. The van der Waals surface area contributed by atoms with E-state index in [1.807, 2.05) is 61.5 Å². The van der Waals surface area contributed by atoms with Crippen molar-refractivity contribution in [3.05, 3.63) is 70.2 Å². The van der Waals surface area contributed by atoms with E-state index in [-0.39, 0.29) is 11.8 Å². The monoisotopic (exact) mass is 344 g/mol. The fraction of sp³-hybridized carbons (Fsp3) is 0.278. The van der Waals surface area contributed by atoms with E-state index in [0.717, 1.165) is 15.6 Å². The normalized spacial score (nSPS) is 27.3. The Morgan fingerprint density at radius 1 is 1.10 bits per heavy atom. The maximum absolute atomic E-state index is 12.0. The predicted octanol–water partition coefficient (Wildman–Crippen LogP) is 4.81. The largest absolute Gasteiger partial charge is 0.481 e. The number of hydrogen-bond acceptors (Lipinski definition) is 1. The van der Waals surface area contributed by atoms with Crippen LogP contribution in [0.2, 0.25) is 0 Å². The van der Waals surface area contributed by atoms with E-state index in [1.165, 1.54) is 0 Å². The molecule has 0 radical (unpaired) electrons. The molecule has 3 rings (SSSR count). The van der Waals surface area contributed by atoms with Crippen molar-refractivity contribution >= 4 is 21.9 Å². The van der Waals surface area contributed by atoms with Crippen LogP contribution in [0.5, 0.6) is 0 Å². The highest BCUT2D eigenvalue weighted by Gasteiger charge is 2.69. The zero-order valence-electron chi connectivity index (χ0n) is 11.8. The maximum atomic E-state index is 12.0. The van der Waals surface area contributed by atoms with Crippen molar-refractivity contribution in [3.8, 4) is 0 Å². The summed E-state index contributed by atoms with van der Waals surface area (Å²) in [6.07, 6.45) is 0.633. The Morgan fingerprint density at radius 3 is 2.29 bits per heavy atom. The van der Waals surface area contributed by atoms with E-state index in [1.54, 1.807) is 0 Å². The van der Waals surface area contributed by atoms with Gasteiger partial charge in [-0.2, -0.15) is 0 Å². The summed E-state index contributed by atoms with van der Waals surface area (Å²) in [4.78, 5) is 12.0. The zero-order chi connectivity index (χ0) is 15.0. The van der Waals surface area contributed by atoms with Crippen LogP contribution in [-0.4, -0.2) is 11.1 Å². The van der Waals surface area contributed by atoms with Gasteiger partial charge in [0.1, 0.15) is 0 Å². The lowest BCUT2D eigenvalue weighted by molar-refractivity contribution is -0.143.